The van der Waals surface area contributed by atoms with E-state index in [1.165, 1.54) is 0 Å². The normalized spacial score (nSPS) is 20.6. The Labute approximate surface area is 78.6 Å². The molecule has 0 radical (unpaired) electrons. The maximum Gasteiger partial charge on any atom is 0.153 e. The lowest BCUT2D eigenvalue weighted by Gasteiger charge is -2.31. The molecule has 0 aromatic heterocycles. The summed E-state index contributed by atoms with van der Waals surface area (Å²) in [6.45, 7) is 1.16. The monoisotopic (exact) mass is 181 g/mol. The van der Waals surface area contributed by atoms with Gasteiger partial charge in [0, 0.05) is 26.1 Å². The minimum Gasteiger partial charge on any atom is -0.381 e. The van der Waals surface area contributed by atoms with Gasteiger partial charge in [0.2, 0.25) is 0 Å². The van der Waals surface area contributed by atoms with Gasteiger partial charge in [-0.2, -0.15) is 0 Å². The minimum atomic E-state index is -0.672. The minimum absolute atomic E-state index is 0.0775. The fourth-order valence-electron chi connectivity index (χ4n) is 1.45. The summed E-state index contributed by atoms with van der Waals surface area (Å²) < 4.78 is 5.15. The third-order valence-corrected chi connectivity index (χ3v) is 2.44. The number of ketones is 1. The third kappa shape index (κ3) is 2.55. The first-order valence-electron chi connectivity index (χ1n) is 4.52. The number of hydrogen-bond acceptors (Lipinski definition) is 3. The molecule has 2 N–H and O–H groups in total. The number of carbonyl (C=O) groups excluding carboxylic acids is 1. The Morgan fingerprint density at radius 3 is 2.69 bits per heavy atom. The molecular weight excluding hydrogens is 166 g/mol. The summed E-state index contributed by atoms with van der Waals surface area (Å²) in [5.74, 6) is 2.52. The molecule has 3 heteroatoms. The van der Waals surface area contributed by atoms with Gasteiger partial charge >= 0.3 is 0 Å². The van der Waals surface area contributed by atoms with E-state index < -0.39 is 5.54 Å². The van der Waals surface area contributed by atoms with Crippen molar-refractivity contribution in [3.8, 4) is 12.3 Å². The van der Waals surface area contributed by atoms with Crippen LogP contribution in [0.25, 0.3) is 0 Å². The van der Waals surface area contributed by atoms with Gasteiger partial charge in [0.05, 0.1) is 5.54 Å². The van der Waals surface area contributed by atoms with Crippen LogP contribution in [0.4, 0.5) is 0 Å². The van der Waals surface area contributed by atoms with Crippen LogP contribution in [-0.4, -0.2) is 24.5 Å². The lowest BCUT2D eigenvalue weighted by atomic mass is 9.85. The molecule has 1 saturated heterocycles. The molecule has 0 saturated carbocycles. The van der Waals surface area contributed by atoms with E-state index in [1.54, 1.807) is 0 Å². The summed E-state index contributed by atoms with van der Waals surface area (Å²) >= 11 is 0. The first-order chi connectivity index (χ1) is 6.19. The van der Waals surface area contributed by atoms with E-state index in [-0.39, 0.29) is 5.78 Å². The van der Waals surface area contributed by atoms with Gasteiger partial charge in [0.1, 0.15) is 0 Å². The van der Waals surface area contributed by atoms with Crippen molar-refractivity contribution in [2.24, 2.45) is 5.73 Å². The van der Waals surface area contributed by atoms with Gasteiger partial charge in [-0.3, -0.25) is 4.79 Å². The summed E-state index contributed by atoms with van der Waals surface area (Å²) in [5.41, 5.74) is 5.27. The average molecular weight is 181 g/mol. The molecule has 1 aliphatic rings. The third-order valence-electron chi connectivity index (χ3n) is 2.44. The van der Waals surface area contributed by atoms with Crippen LogP contribution in [0.15, 0.2) is 0 Å². The summed E-state index contributed by atoms with van der Waals surface area (Å²) in [4.78, 5) is 11.6. The Balaban J connectivity index is 2.47. The fourth-order valence-corrected chi connectivity index (χ4v) is 1.45. The fraction of sp³-hybridized carbons (Fsp3) is 0.700. The van der Waals surface area contributed by atoms with E-state index in [0.29, 0.717) is 38.9 Å². The van der Waals surface area contributed by atoms with Crippen LogP contribution >= 0.6 is 0 Å². The van der Waals surface area contributed by atoms with Crippen LogP contribution in [0, 0.1) is 12.3 Å². The SMILES string of the molecule is C#CCCC(=O)C1(N)CCOCC1. The highest BCUT2D eigenvalue weighted by Gasteiger charge is 2.34. The molecule has 0 aromatic rings. The van der Waals surface area contributed by atoms with Gasteiger partial charge in [-0.05, 0) is 12.8 Å². The average Bonchev–Trinajstić information content (AvgIpc) is 2.15. The van der Waals surface area contributed by atoms with Crippen molar-refractivity contribution < 1.29 is 9.53 Å². The van der Waals surface area contributed by atoms with E-state index in [9.17, 15) is 4.79 Å². The van der Waals surface area contributed by atoms with E-state index in [2.05, 4.69) is 5.92 Å². The van der Waals surface area contributed by atoms with Crippen molar-refractivity contribution >= 4 is 5.78 Å². The van der Waals surface area contributed by atoms with Crippen molar-refractivity contribution in [2.75, 3.05) is 13.2 Å². The number of ether oxygens (including phenoxy) is 1. The van der Waals surface area contributed by atoms with Crippen molar-refractivity contribution in [2.45, 2.75) is 31.2 Å². The Kier molecular flexibility index (Phi) is 3.47. The first-order valence-corrected chi connectivity index (χ1v) is 4.52. The quantitative estimate of drug-likeness (QED) is 0.644. The number of terminal acetylenes is 1. The smallest absolute Gasteiger partial charge is 0.153 e. The molecule has 1 heterocycles. The lowest BCUT2D eigenvalue weighted by molar-refractivity contribution is -0.127. The molecule has 0 atom stereocenters. The Morgan fingerprint density at radius 1 is 1.54 bits per heavy atom. The highest BCUT2D eigenvalue weighted by Crippen LogP contribution is 2.20. The number of rotatable bonds is 3. The summed E-state index contributed by atoms with van der Waals surface area (Å²) in [5, 5.41) is 0. The molecule has 0 aromatic carbocycles. The van der Waals surface area contributed by atoms with Crippen molar-refractivity contribution in [3.63, 3.8) is 0 Å². The Hall–Kier alpha value is -0.850. The van der Waals surface area contributed by atoms with E-state index >= 15 is 0 Å². The summed E-state index contributed by atoms with van der Waals surface area (Å²) in [6, 6.07) is 0. The zero-order valence-corrected chi connectivity index (χ0v) is 7.71. The molecule has 0 unspecified atom stereocenters. The first kappa shape index (κ1) is 10.2. The topological polar surface area (TPSA) is 52.3 Å². The van der Waals surface area contributed by atoms with Gasteiger partial charge in [0.15, 0.2) is 5.78 Å². The van der Waals surface area contributed by atoms with Crippen molar-refractivity contribution in [1.29, 1.82) is 0 Å². The number of Topliss-reactive ketones (excluding diaryl/α,β-unsaturated/α-hetero) is 1. The van der Waals surface area contributed by atoms with Gasteiger partial charge < -0.3 is 10.5 Å². The lowest BCUT2D eigenvalue weighted by Crippen LogP contribution is -2.51. The maximum absolute atomic E-state index is 11.6. The van der Waals surface area contributed by atoms with Crippen molar-refractivity contribution in [3.05, 3.63) is 0 Å². The van der Waals surface area contributed by atoms with Crippen LogP contribution in [0.2, 0.25) is 0 Å². The van der Waals surface area contributed by atoms with Gasteiger partial charge in [0.25, 0.3) is 0 Å². The zero-order chi connectivity index (χ0) is 9.73. The summed E-state index contributed by atoms with van der Waals surface area (Å²) in [7, 11) is 0. The number of hydrogen-bond donors (Lipinski definition) is 1. The molecule has 0 aliphatic carbocycles. The Bertz CT molecular complexity index is 224. The molecule has 0 bridgehead atoms. The molecule has 0 amide bonds. The highest BCUT2D eigenvalue weighted by atomic mass is 16.5. The molecule has 13 heavy (non-hydrogen) atoms. The standard InChI is InChI=1S/C10H15NO2/c1-2-3-4-9(12)10(11)5-7-13-8-6-10/h1H,3-8,11H2. The molecule has 1 aliphatic heterocycles. The van der Waals surface area contributed by atoms with Crippen LogP contribution < -0.4 is 5.73 Å². The predicted octanol–water partition coefficient (Wildman–Crippen LogP) is 0.477. The van der Waals surface area contributed by atoms with Gasteiger partial charge in [-0.25, -0.2) is 0 Å². The van der Waals surface area contributed by atoms with Crippen LogP contribution in [0.1, 0.15) is 25.7 Å². The van der Waals surface area contributed by atoms with Crippen molar-refractivity contribution in [1.82, 2.24) is 0 Å². The van der Waals surface area contributed by atoms with Gasteiger partial charge in [-0.1, -0.05) is 0 Å². The second-order valence-corrected chi connectivity index (χ2v) is 3.40. The summed E-state index contributed by atoms with van der Waals surface area (Å²) in [6.07, 6.45) is 7.21. The van der Waals surface area contributed by atoms with E-state index in [1.807, 2.05) is 0 Å². The number of carbonyl (C=O) groups is 1. The second kappa shape index (κ2) is 4.40. The van der Waals surface area contributed by atoms with Crippen LogP contribution in [0.3, 0.4) is 0 Å². The van der Waals surface area contributed by atoms with Crippen LogP contribution in [-0.2, 0) is 9.53 Å². The predicted molar refractivity (Wildman–Crippen MR) is 50.0 cm³/mol. The second-order valence-electron chi connectivity index (χ2n) is 3.40. The van der Waals surface area contributed by atoms with Crippen LogP contribution in [0.5, 0.6) is 0 Å². The molecule has 0 spiro atoms. The molecule has 1 rings (SSSR count). The Morgan fingerprint density at radius 2 is 2.15 bits per heavy atom. The molecule has 3 nitrogen and oxygen atoms in total. The zero-order valence-electron chi connectivity index (χ0n) is 7.71. The van der Waals surface area contributed by atoms with Gasteiger partial charge in [-0.15, -0.1) is 12.3 Å². The molecule has 72 valence electrons. The molecular formula is C10H15NO2. The maximum atomic E-state index is 11.6. The van der Waals surface area contributed by atoms with E-state index in [0.717, 1.165) is 0 Å². The highest BCUT2D eigenvalue weighted by molar-refractivity contribution is 5.88. The molecule has 1 fully saturated rings. The number of nitrogens with two attached hydrogens (primary N) is 1. The largest absolute Gasteiger partial charge is 0.381 e. The van der Waals surface area contributed by atoms with E-state index in [4.69, 9.17) is 16.9 Å².